The van der Waals surface area contributed by atoms with E-state index in [-0.39, 0.29) is 0 Å². The van der Waals surface area contributed by atoms with Crippen LogP contribution < -0.4 is 4.90 Å². The molecule has 2 aromatic rings. The van der Waals surface area contributed by atoms with Gasteiger partial charge in [0.2, 0.25) is 0 Å². The Labute approximate surface area is 108 Å². The lowest BCUT2D eigenvalue weighted by Gasteiger charge is -2.20. The molecular formula is C15H19N3. The molecule has 18 heavy (non-hydrogen) atoms. The molecule has 94 valence electrons. The second kappa shape index (κ2) is 4.56. The van der Waals surface area contributed by atoms with Gasteiger partial charge in [0.25, 0.3) is 0 Å². The topological polar surface area (TPSA) is 29.0 Å². The molecule has 1 aromatic carbocycles. The maximum Gasteiger partial charge on any atom is 0.140 e. The number of benzene rings is 1. The first-order valence-corrected chi connectivity index (χ1v) is 6.77. The van der Waals surface area contributed by atoms with E-state index >= 15 is 0 Å². The van der Waals surface area contributed by atoms with Gasteiger partial charge < -0.3 is 4.90 Å². The van der Waals surface area contributed by atoms with Crippen LogP contribution in [0.15, 0.2) is 24.3 Å². The molecule has 1 saturated heterocycles. The summed E-state index contributed by atoms with van der Waals surface area (Å²) in [7, 11) is 0. The number of anilines is 1. The molecule has 0 spiro atoms. The molecule has 1 aliphatic rings. The maximum atomic E-state index is 4.80. The summed E-state index contributed by atoms with van der Waals surface area (Å²) >= 11 is 0. The Hall–Kier alpha value is -1.64. The molecule has 0 aliphatic carbocycles. The highest BCUT2D eigenvalue weighted by molar-refractivity contribution is 5.89. The number of para-hydroxylation sites is 1. The van der Waals surface area contributed by atoms with Gasteiger partial charge in [-0.15, -0.1) is 0 Å². The molecule has 3 heteroatoms. The van der Waals surface area contributed by atoms with Crippen LogP contribution in [0, 0.1) is 0 Å². The molecule has 2 heterocycles. The third kappa shape index (κ3) is 1.94. The fourth-order valence-corrected chi connectivity index (χ4v) is 2.51. The maximum absolute atomic E-state index is 4.80. The predicted molar refractivity (Wildman–Crippen MR) is 75.1 cm³/mol. The molecule has 1 fully saturated rings. The van der Waals surface area contributed by atoms with E-state index in [1.807, 2.05) is 6.07 Å². The predicted octanol–water partition coefficient (Wildman–Crippen LogP) is 3.35. The van der Waals surface area contributed by atoms with Crippen molar-refractivity contribution in [3.8, 4) is 0 Å². The third-order valence-electron chi connectivity index (χ3n) is 3.52. The van der Waals surface area contributed by atoms with Gasteiger partial charge in [-0.1, -0.05) is 26.0 Å². The van der Waals surface area contributed by atoms with Crippen LogP contribution in [-0.2, 0) is 0 Å². The van der Waals surface area contributed by atoms with Gasteiger partial charge in [0.1, 0.15) is 11.6 Å². The quantitative estimate of drug-likeness (QED) is 0.807. The second-order valence-corrected chi connectivity index (χ2v) is 5.27. The molecule has 0 unspecified atom stereocenters. The number of rotatable bonds is 2. The lowest BCUT2D eigenvalue weighted by Crippen LogP contribution is -2.20. The van der Waals surface area contributed by atoms with Crippen LogP contribution in [0.2, 0.25) is 0 Å². The van der Waals surface area contributed by atoms with Crippen molar-refractivity contribution < 1.29 is 0 Å². The van der Waals surface area contributed by atoms with E-state index < -0.39 is 0 Å². The summed E-state index contributed by atoms with van der Waals surface area (Å²) in [5.41, 5.74) is 1.07. The summed E-state index contributed by atoms with van der Waals surface area (Å²) in [6.45, 7) is 6.55. The summed E-state index contributed by atoms with van der Waals surface area (Å²) in [6.07, 6.45) is 2.55. The van der Waals surface area contributed by atoms with Gasteiger partial charge in [-0.3, -0.25) is 0 Å². The van der Waals surface area contributed by atoms with Crippen molar-refractivity contribution in [1.82, 2.24) is 9.97 Å². The summed E-state index contributed by atoms with van der Waals surface area (Å²) in [6, 6.07) is 8.34. The molecule has 1 aliphatic heterocycles. The first-order valence-electron chi connectivity index (χ1n) is 6.77. The smallest absolute Gasteiger partial charge is 0.140 e. The highest BCUT2D eigenvalue weighted by Gasteiger charge is 2.18. The Morgan fingerprint density at radius 3 is 2.50 bits per heavy atom. The van der Waals surface area contributed by atoms with Crippen molar-refractivity contribution in [3.63, 3.8) is 0 Å². The zero-order valence-corrected chi connectivity index (χ0v) is 11.1. The Kier molecular flexibility index (Phi) is 2.90. The molecule has 0 saturated carbocycles. The second-order valence-electron chi connectivity index (χ2n) is 5.27. The zero-order valence-electron chi connectivity index (χ0n) is 11.1. The first kappa shape index (κ1) is 11.5. The summed E-state index contributed by atoms with van der Waals surface area (Å²) < 4.78 is 0. The number of hydrogen-bond donors (Lipinski definition) is 0. The molecule has 0 N–H and O–H groups in total. The summed E-state index contributed by atoms with van der Waals surface area (Å²) in [4.78, 5) is 11.9. The standard InChI is InChI=1S/C15H19N3/c1-11(2)14-16-13-8-4-3-7-12(13)15(17-14)18-9-5-6-10-18/h3-4,7-8,11H,5-6,9-10H2,1-2H3. The summed E-state index contributed by atoms with van der Waals surface area (Å²) in [5.74, 6) is 2.45. The van der Waals surface area contributed by atoms with Gasteiger partial charge in [-0.2, -0.15) is 0 Å². The van der Waals surface area contributed by atoms with Crippen molar-refractivity contribution in [2.45, 2.75) is 32.6 Å². The Morgan fingerprint density at radius 1 is 1.06 bits per heavy atom. The van der Waals surface area contributed by atoms with E-state index in [0.29, 0.717) is 5.92 Å². The Balaban J connectivity index is 2.19. The van der Waals surface area contributed by atoms with Gasteiger partial charge in [0.05, 0.1) is 5.52 Å². The van der Waals surface area contributed by atoms with E-state index in [9.17, 15) is 0 Å². The van der Waals surface area contributed by atoms with Crippen molar-refractivity contribution in [1.29, 1.82) is 0 Å². The largest absolute Gasteiger partial charge is 0.356 e. The van der Waals surface area contributed by atoms with Crippen LogP contribution >= 0.6 is 0 Å². The normalized spacial score (nSPS) is 15.8. The highest BCUT2D eigenvalue weighted by Crippen LogP contribution is 2.28. The minimum atomic E-state index is 0.371. The molecule has 1 aromatic heterocycles. The van der Waals surface area contributed by atoms with Crippen molar-refractivity contribution >= 4 is 16.7 Å². The van der Waals surface area contributed by atoms with Gasteiger partial charge in [0, 0.05) is 24.4 Å². The van der Waals surface area contributed by atoms with E-state index in [4.69, 9.17) is 4.98 Å². The summed E-state index contributed by atoms with van der Waals surface area (Å²) in [5, 5.41) is 1.18. The molecule has 3 rings (SSSR count). The van der Waals surface area contributed by atoms with Crippen molar-refractivity contribution in [2.75, 3.05) is 18.0 Å². The fraction of sp³-hybridized carbons (Fsp3) is 0.467. The average Bonchev–Trinajstić information content (AvgIpc) is 2.91. The van der Waals surface area contributed by atoms with Gasteiger partial charge in [-0.25, -0.2) is 9.97 Å². The third-order valence-corrected chi connectivity index (χ3v) is 3.52. The minimum absolute atomic E-state index is 0.371. The van der Waals surface area contributed by atoms with Crippen LogP contribution in [0.1, 0.15) is 38.4 Å². The van der Waals surface area contributed by atoms with Crippen LogP contribution in [-0.4, -0.2) is 23.1 Å². The first-order chi connectivity index (χ1) is 8.75. The molecule has 3 nitrogen and oxygen atoms in total. The van der Waals surface area contributed by atoms with E-state index in [0.717, 1.165) is 30.2 Å². The number of hydrogen-bond acceptors (Lipinski definition) is 3. The van der Waals surface area contributed by atoms with Gasteiger partial charge >= 0.3 is 0 Å². The minimum Gasteiger partial charge on any atom is -0.356 e. The lowest BCUT2D eigenvalue weighted by atomic mass is 10.1. The van der Waals surface area contributed by atoms with Crippen LogP contribution in [0.3, 0.4) is 0 Å². The molecule has 0 bridgehead atoms. The SMILES string of the molecule is CC(C)c1nc(N2CCCC2)c2ccccc2n1. The number of aromatic nitrogens is 2. The lowest BCUT2D eigenvalue weighted by molar-refractivity contribution is 0.774. The number of fused-ring (bicyclic) bond motifs is 1. The molecule has 0 radical (unpaired) electrons. The van der Waals surface area contributed by atoms with E-state index in [1.165, 1.54) is 18.2 Å². The van der Waals surface area contributed by atoms with Crippen molar-refractivity contribution in [3.05, 3.63) is 30.1 Å². The molecular weight excluding hydrogens is 222 g/mol. The molecule has 0 atom stereocenters. The number of nitrogens with zero attached hydrogens (tertiary/aromatic N) is 3. The van der Waals surface area contributed by atoms with Crippen LogP contribution in [0.4, 0.5) is 5.82 Å². The Bertz CT molecular complexity index is 557. The monoisotopic (exact) mass is 241 g/mol. The van der Waals surface area contributed by atoms with Crippen molar-refractivity contribution in [2.24, 2.45) is 0 Å². The highest BCUT2D eigenvalue weighted by atomic mass is 15.2. The van der Waals surface area contributed by atoms with Gasteiger partial charge in [0.15, 0.2) is 0 Å². The average molecular weight is 241 g/mol. The van der Waals surface area contributed by atoms with Crippen LogP contribution in [0.5, 0.6) is 0 Å². The van der Waals surface area contributed by atoms with Crippen LogP contribution in [0.25, 0.3) is 10.9 Å². The Morgan fingerprint density at radius 2 is 1.78 bits per heavy atom. The fourth-order valence-electron chi connectivity index (χ4n) is 2.51. The molecule has 0 amide bonds. The zero-order chi connectivity index (χ0) is 12.5. The van der Waals surface area contributed by atoms with E-state index in [1.54, 1.807) is 0 Å². The van der Waals surface area contributed by atoms with Gasteiger partial charge in [-0.05, 0) is 25.0 Å². The van der Waals surface area contributed by atoms with E-state index in [2.05, 4.69) is 41.9 Å².